The number of methoxy groups -OCH3 is 2. The van der Waals surface area contributed by atoms with Gasteiger partial charge in [-0.2, -0.15) is 5.10 Å². The monoisotopic (exact) mass is 326 g/mol. The predicted octanol–water partition coefficient (Wildman–Crippen LogP) is 2.24. The van der Waals surface area contributed by atoms with Gasteiger partial charge in [-0.05, 0) is 29.8 Å². The SMILES string of the molecule is COc1ccc([C@@H](N)c2nc(-c3ccccc3O)n[nH]2)cc1OC. The molecule has 0 saturated heterocycles. The number of para-hydroxylation sites is 1. The fourth-order valence-corrected chi connectivity index (χ4v) is 2.40. The van der Waals surface area contributed by atoms with Crippen LogP contribution in [0.1, 0.15) is 17.4 Å². The van der Waals surface area contributed by atoms with Gasteiger partial charge in [-0.15, -0.1) is 0 Å². The Morgan fingerprint density at radius 1 is 1.08 bits per heavy atom. The van der Waals surface area contributed by atoms with Gasteiger partial charge in [0.25, 0.3) is 0 Å². The molecule has 0 unspecified atom stereocenters. The first-order chi connectivity index (χ1) is 11.6. The number of H-pyrrole nitrogens is 1. The third-order valence-electron chi connectivity index (χ3n) is 3.71. The number of aromatic nitrogens is 3. The molecule has 0 fully saturated rings. The molecule has 4 N–H and O–H groups in total. The summed E-state index contributed by atoms with van der Waals surface area (Å²) in [5, 5.41) is 16.9. The Morgan fingerprint density at radius 3 is 2.54 bits per heavy atom. The van der Waals surface area contributed by atoms with E-state index in [1.807, 2.05) is 6.07 Å². The first-order valence-corrected chi connectivity index (χ1v) is 7.32. The van der Waals surface area contributed by atoms with Crippen molar-refractivity contribution in [2.24, 2.45) is 5.73 Å². The van der Waals surface area contributed by atoms with Gasteiger partial charge in [0.15, 0.2) is 17.3 Å². The van der Waals surface area contributed by atoms with Crippen molar-refractivity contribution in [3.63, 3.8) is 0 Å². The highest BCUT2D eigenvalue weighted by Crippen LogP contribution is 2.31. The molecule has 1 atom stereocenters. The number of nitrogens with one attached hydrogen (secondary N) is 1. The third kappa shape index (κ3) is 2.89. The number of phenols is 1. The van der Waals surface area contributed by atoms with Crippen LogP contribution in [0.15, 0.2) is 42.5 Å². The molecule has 7 nitrogen and oxygen atoms in total. The number of phenolic OH excluding ortho intramolecular Hbond substituents is 1. The maximum absolute atomic E-state index is 9.90. The van der Waals surface area contributed by atoms with Gasteiger partial charge in [-0.1, -0.05) is 18.2 Å². The molecule has 0 aliphatic rings. The molecule has 0 aliphatic carbocycles. The van der Waals surface area contributed by atoms with E-state index in [1.54, 1.807) is 50.6 Å². The molecule has 0 amide bonds. The molecule has 0 radical (unpaired) electrons. The first kappa shape index (κ1) is 15.8. The topological polar surface area (TPSA) is 106 Å². The highest BCUT2D eigenvalue weighted by Gasteiger charge is 2.18. The molecule has 0 spiro atoms. The van der Waals surface area contributed by atoms with Crippen molar-refractivity contribution in [3.8, 4) is 28.6 Å². The van der Waals surface area contributed by atoms with E-state index >= 15 is 0 Å². The molecule has 0 bridgehead atoms. The van der Waals surface area contributed by atoms with Gasteiger partial charge in [0.2, 0.25) is 0 Å². The molecule has 124 valence electrons. The number of benzene rings is 2. The van der Waals surface area contributed by atoms with Crippen molar-refractivity contribution < 1.29 is 14.6 Å². The number of nitrogens with two attached hydrogens (primary N) is 1. The molecule has 3 aromatic rings. The molecule has 1 heterocycles. The van der Waals surface area contributed by atoms with Gasteiger partial charge in [-0.3, -0.25) is 5.10 Å². The van der Waals surface area contributed by atoms with Gasteiger partial charge < -0.3 is 20.3 Å². The zero-order valence-electron chi connectivity index (χ0n) is 13.4. The van der Waals surface area contributed by atoms with Crippen LogP contribution < -0.4 is 15.2 Å². The van der Waals surface area contributed by atoms with Gasteiger partial charge in [0.1, 0.15) is 11.6 Å². The zero-order valence-corrected chi connectivity index (χ0v) is 13.4. The van der Waals surface area contributed by atoms with Crippen molar-refractivity contribution in [3.05, 3.63) is 53.9 Å². The van der Waals surface area contributed by atoms with Gasteiger partial charge in [0.05, 0.1) is 25.8 Å². The van der Waals surface area contributed by atoms with Crippen molar-refractivity contribution in [1.29, 1.82) is 0 Å². The van der Waals surface area contributed by atoms with E-state index in [0.717, 1.165) is 5.56 Å². The number of aromatic amines is 1. The number of rotatable bonds is 5. The summed E-state index contributed by atoms with van der Waals surface area (Å²) in [4.78, 5) is 4.39. The van der Waals surface area contributed by atoms with E-state index < -0.39 is 6.04 Å². The highest BCUT2D eigenvalue weighted by atomic mass is 16.5. The Morgan fingerprint density at radius 2 is 1.83 bits per heavy atom. The first-order valence-electron chi connectivity index (χ1n) is 7.32. The minimum Gasteiger partial charge on any atom is -0.507 e. The van der Waals surface area contributed by atoms with Crippen LogP contribution in [-0.2, 0) is 0 Å². The molecule has 7 heteroatoms. The zero-order chi connectivity index (χ0) is 17.1. The second-order valence-corrected chi connectivity index (χ2v) is 5.15. The van der Waals surface area contributed by atoms with Crippen LogP contribution in [0.3, 0.4) is 0 Å². The van der Waals surface area contributed by atoms with Crippen molar-refractivity contribution in [1.82, 2.24) is 15.2 Å². The van der Waals surface area contributed by atoms with Crippen LogP contribution in [0.2, 0.25) is 0 Å². The minimum atomic E-state index is -0.517. The molecular formula is C17H18N4O3. The smallest absolute Gasteiger partial charge is 0.184 e. The van der Waals surface area contributed by atoms with Gasteiger partial charge in [-0.25, -0.2) is 4.98 Å². The Balaban J connectivity index is 1.91. The summed E-state index contributed by atoms with van der Waals surface area (Å²) in [7, 11) is 3.14. The number of hydrogen-bond donors (Lipinski definition) is 3. The lowest BCUT2D eigenvalue weighted by Crippen LogP contribution is -2.14. The van der Waals surface area contributed by atoms with Gasteiger partial charge >= 0.3 is 0 Å². The van der Waals surface area contributed by atoms with E-state index in [0.29, 0.717) is 28.7 Å². The quantitative estimate of drug-likeness (QED) is 0.664. The predicted molar refractivity (Wildman–Crippen MR) is 89.1 cm³/mol. The number of ether oxygens (including phenoxy) is 2. The van der Waals surface area contributed by atoms with Crippen LogP contribution >= 0.6 is 0 Å². The van der Waals surface area contributed by atoms with Crippen molar-refractivity contribution in [2.75, 3.05) is 14.2 Å². The second kappa shape index (κ2) is 6.59. The van der Waals surface area contributed by atoms with Crippen LogP contribution in [0.4, 0.5) is 0 Å². The van der Waals surface area contributed by atoms with E-state index in [-0.39, 0.29) is 5.75 Å². The van der Waals surface area contributed by atoms with Gasteiger partial charge in [0, 0.05) is 0 Å². The Labute approximate surface area is 139 Å². The largest absolute Gasteiger partial charge is 0.507 e. The number of hydrogen-bond acceptors (Lipinski definition) is 6. The standard InChI is InChI=1S/C17H18N4O3/c1-23-13-8-7-10(9-14(13)24-2)15(18)17-19-16(20-21-17)11-5-3-4-6-12(11)22/h3-9,15,22H,18H2,1-2H3,(H,19,20,21)/t15-/m1/s1. The summed E-state index contributed by atoms with van der Waals surface area (Å²) < 4.78 is 10.5. The molecule has 0 saturated carbocycles. The molecule has 1 aromatic heterocycles. The van der Waals surface area contributed by atoms with Crippen LogP contribution in [0.5, 0.6) is 17.2 Å². The van der Waals surface area contributed by atoms with E-state index in [2.05, 4.69) is 15.2 Å². The second-order valence-electron chi connectivity index (χ2n) is 5.15. The molecule has 2 aromatic carbocycles. The molecular weight excluding hydrogens is 308 g/mol. The molecule has 0 aliphatic heterocycles. The Bertz CT molecular complexity index is 847. The van der Waals surface area contributed by atoms with Crippen LogP contribution in [0.25, 0.3) is 11.4 Å². The summed E-state index contributed by atoms with van der Waals surface area (Å²) in [6.07, 6.45) is 0. The lowest BCUT2D eigenvalue weighted by Gasteiger charge is -2.13. The summed E-state index contributed by atoms with van der Waals surface area (Å²) in [6.45, 7) is 0. The lowest BCUT2D eigenvalue weighted by atomic mass is 10.1. The fourth-order valence-electron chi connectivity index (χ4n) is 2.40. The summed E-state index contributed by atoms with van der Waals surface area (Å²) in [5.41, 5.74) is 7.61. The summed E-state index contributed by atoms with van der Waals surface area (Å²) in [5.74, 6) is 2.20. The number of aromatic hydroxyl groups is 1. The average molecular weight is 326 g/mol. The van der Waals surface area contributed by atoms with E-state index in [4.69, 9.17) is 15.2 Å². The maximum atomic E-state index is 9.90. The summed E-state index contributed by atoms with van der Waals surface area (Å²) in [6, 6.07) is 11.8. The van der Waals surface area contributed by atoms with Crippen LogP contribution in [-0.4, -0.2) is 34.5 Å². The van der Waals surface area contributed by atoms with Crippen molar-refractivity contribution in [2.45, 2.75) is 6.04 Å². The Hall–Kier alpha value is -3.06. The third-order valence-corrected chi connectivity index (χ3v) is 3.71. The highest BCUT2D eigenvalue weighted by molar-refractivity contribution is 5.63. The normalized spacial score (nSPS) is 12.0. The average Bonchev–Trinajstić information content (AvgIpc) is 3.10. The Kier molecular flexibility index (Phi) is 4.35. The van der Waals surface area contributed by atoms with Crippen LogP contribution in [0, 0.1) is 0 Å². The van der Waals surface area contributed by atoms with E-state index in [9.17, 15) is 5.11 Å². The minimum absolute atomic E-state index is 0.114. The lowest BCUT2D eigenvalue weighted by molar-refractivity contribution is 0.354. The van der Waals surface area contributed by atoms with Crippen molar-refractivity contribution >= 4 is 0 Å². The maximum Gasteiger partial charge on any atom is 0.184 e. The fraction of sp³-hybridized carbons (Fsp3) is 0.176. The molecule has 24 heavy (non-hydrogen) atoms. The molecule has 3 rings (SSSR count). The number of nitrogens with zero attached hydrogens (tertiary/aromatic N) is 2. The summed E-state index contributed by atoms with van der Waals surface area (Å²) >= 11 is 0. The van der Waals surface area contributed by atoms with E-state index in [1.165, 1.54) is 0 Å².